The van der Waals surface area contributed by atoms with Crippen LogP contribution in [0.1, 0.15) is 16.0 Å². The molecule has 0 aliphatic rings. The number of furan rings is 1. The first kappa shape index (κ1) is 13.3. The summed E-state index contributed by atoms with van der Waals surface area (Å²) in [6.45, 7) is 0. The number of benzene rings is 2. The molecule has 0 fully saturated rings. The van der Waals surface area contributed by atoms with Crippen LogP contribution in [0.3, 0.4) is 0 Å². The number of para-hydroxylation sites is 1. The van der Waals surface area contributed by atoms with Crippen LogP contribution in [0, 0.1) is 0 Å². The molecule has 2 aromatic carbocycles. The van der Waals surface area contributed by atoms with Crippen LogP contribution in [0.2, 0.25) is 0 Å². The van der Waals surface area contributed by atoms with Crippen molar-refractivity contribution in [3.63, 3.8) is 0 Å². The molecule has 0 saturated heterocycles. The second kappa shape index (κ2) is 5.71. The highest BCUT2D eigenvalue weighted by Gasteiger charge is 2.14. The maximum atomic E-state index is 5.59. The Morgan fingerprint density at radius 1 is 1.10 bits per heavy atom. The molecule has 1 atom stereocenters. The van der Waals surface area contributed by atoms with Gasteiger partial charge in [-0.3, -0.25) is 0 Å². The van der Waals surface area contributed by atoms with Gasteiger partial charge in [0.15, 0.2) is 0 Å². The van der Waals surface area contributed by atoms with Gasteiger partial charge in [-0.2, -0.15) is 0 Å². The SMILES string of the molecule is COc1ccc(CC(Br)c2coc3ccccc23)cc1. The quantitative estimate of drug-likeness (QED) is 0.619. The van der Waals surface area contributed by atoms with Crippen LogP contribution in [0.15, 0.2) is 59.2 Å². The Morgan fingerprint density at radius 3 is 2.60 bits per heavy atom. The van der Waals surface area contributed by atoms with Crippen molar-refractivity contribution in [1.29, 1.82) is 0 Å². The van der Waals surface area contributed by atoms with Crippen LogP contribution in [0.4, 0.5) is 0 Å². The van der Waals surface area contributed by atoms with E-state index >= 15 is 0 Å². The van der Waals surface area contributed by atoms with Crippen LogP contribution in [-0.4, -0.2) is 7.11 Å². The Hall–Kier alpha value is -1.74. The van der Waals surface area contributed by atoms with E-state index in [2.05, 4.69) is 34.1 Å². The van der Waals surface area contributed by atoms with Crippen molar-refractivity contribution in [2.45, 2.75) is 11.2 Å². The van der Waals surface area contributed by atoms with Crippen LogP contribution in [-0.2, 0) is 6.42 Å². The van der Waals surface area contributed by atoms with Gasteiger partial charge in [0, 0.05) is 15.8 Å². The van der Waals surface area contributed by atoms with Gasteiger partial charge in [0.2, 0.25) is 0 Å². The van der Waals surface area contributed by atoms with Crippen molar-refractivity contribution in [3.05, 3.63) is 65.9 Å². The first-order chi connectivity index (χ1) is 9.78. The number of rotatable bonds is 4. The molecule has 102 valence electrons. The second-order valence-electron chi connectivity index (χ2n) is 4.71. The molecule has 0 aliphatic heterocycles. The molecular weight excluding hydrogens is 316 g/mol. The molecule has 1 unspecified atom stereocenters. The van der Waals surface area contributed by atoms with Gasteiger partial charge in [0.1, 0.15) is 11.3 Å². The predicted octanol–water partition coefficient (Wildman–Crippen LogP) is 5.12. The maximum absolute atomic E-state index is 5.59. The first-order valence-electron chi connectivity index (χ1n) is 6.51. The van der Waals surface area contributed by atoms with Gasteiger partial charge in [-0.05, 0) is 30.2 Å². The van der Waals surface area contributed by atoms with Gasteiger partial charge < -0.3 is 9.15 Å². The van der Waals surface area contributed by atoms with Gasteiger partial charge in [0.25, 0.3) is 0 Å². The molecule has 3 rings (SSSR count). The third-order valence-electron chi connectivity index (χ3n) is 3.42. The smallest absolute Gasteiger partial charge is 0.134 e. The standard InChI is InChI=1S/C17H15BrO2/c1-19-13-8-6-12(7-9-13)10-16(18)15-11-20-17-5-3-2-4-14(15)17/h2-9,11,16H,10H2,1H3. The Bertz CT molecular complexity index is 700. The lowest BCUT2D eigenvalue weighted by molar-refractivity contribution is 0.414. The van der Waals surface area contributed by atoms with Gasteiger partial charge in [-0.15, -0.1) is 0 Å². The molecule has 2 nitrogen and oxygen atoms in total. The van der Waals surface area contributed by atoms with E-state index in [-0.39, 0.29) is 4.83 Å². The summed E-state index contributed by atoms with van der Waals surface area (Å²) in [5, 5.41) is 1.17. The normalized spacial score (nSPS) is 12.5. The Balaban J connectivity index is 1.83. The third-order valence-corrected chi connectivity index (χ3v) is 4.24. The van der Waals surface area contributed by atoms with Gasteiger partial charge >= 0.3 is 0 Å². The van der Waals surface area contributed by atoms with E-state index in [9.17, 15) is 0 Å². The number of ether oxygens (including phenoxy) is 1. The van der Waals surface area contributed by atoms with Gasteiger partial charge in [-0.1, -0.05) is 46.3 Å². The van der Waals surface area contributed by atoms with E-state index in [1.807, 2.05) is 36.6 Å². The molecule has 3 aromatic rings. The summed E-state index contributed by atoms with van der Waals surface area (Å²) < 4.78 is 10.8. The van der Waals surface area contributed by atoms with Crippen molar-refractivity contribution < 1.29 is 9.15 Å². The summed E-state index contributed by atoms with van der Waals surface area (Å²) in [6, 6.07) is 16.3. The monoisotopic (exact) mass is 330 g/mol. The minimum atomic E-state index is 0.236. The lowest BCUT2D eigenvalue weighted by Crippen LogP contribution is -1.94. The topological polar surface area (TPSA) is 22.4 Å². The van der Waals surface area contributed by atoms with E-state index < -0.39 is 0 Å². The van der Waals surface area contributed by atoms with Crippen LogP contribution in [0.5, 0.6) is 5.75 Å². The first-order valence-corrected chi connectivity index (χ1v) is 7.42. The minimum Gasteiger partial charge on any atom is -0.497 e. The lowest BCUT2D eigenvalue weighted by atomic mass is 10.0. The average molecular weight is 331 g/mol. The fraction of sp³-hybridized carbons (Fsp3) is 0.176. The van der Waals surface area contributed by atoms with E-state index in [1.54, 1.807) is 7.11 Å². The number of fused-ring (bicyclic) bond motifs is 1. The molecule has 0 bridgehead atoms. The van der Waals surface area contributed by atoms with Crippen molar-refractivity contribution in [1.82, 2.24) is 0 Å². The number of alkyl halides is 1. The summed E-state index contributed by atoms with van der Waals surface area (Å²) in [5.41, 5.74) is 3.39. The summed E-state index contributed by atoms with van der Waals surface area (Å²) >= 11 is 3.77. The van der Waals surface area contributed by atoms with Gasteiger partial charge in [0.05, 0.1) is 13.4 Å². The molecule has 1 heterocycles. The molecule has 0 saturated carbocycles. The van der Waals surface area contributed by atoms with E-state index in [0.29, 0.717) is 0 Å². The Morgan fingerprint density at radius 2 is 1.85 bits per heavy atom. The van der Waals surface area contributed by atoms with Crippen LogP contribution >= 0.6 is 15.9 Å². The number of hydrogen-bond donors (Lipinski definition) is 0. The number of halogens is 1. The zero-order valence-electron chi connectivity index (χ0n) is 11.2. The fourth-order valence-corrected chi connectivity index (χ4v) is 3.05. The van der Waals surface area contributed by atoms with Crippen molar-refractivity contribution in [2.75, 3.05) is 7.11 Å². The van der Waals surface area contributed by atoms with Crippen LogP contribution in [0.25, 0.3) is 11.0 Å². The second-order valence-corrected chi connectivity index (χ2v) is 5.81. The van der Waals surface area contributed by atoms with E-state index in [0.717, 1.165) is 17.8 Å². The Labute approximate surface area is 126 Å². The highest BCUT2D eigenvalue weighted by atomic mass is 79.9. The molecule has 0 amide bonds. The summed E-state index contributed by atoms with van der Waals surface area (Å²) in [4.78, 5) is 0.236. The lowest BCUT2D eigenvalue weighted by Gasteiger charge is -2.09. The average Bonchev–Trinajstić information content (AvgIpc) is 2.92. The largest absolute Gasteiger partial charge is 0.497 e. The fourth-order valence-electron chi connectivity index (χ4n) is 2.32. The molecule has 0 N–H and O–H groups in total. The summed E-state index contributed by atoms with van der Waals surface area (Å²) in [5.74, 6) is 0.883. The maximum Gasteiger partial charge on any atom is 0.134 e. The molecule has 3 heteroatoms. The summed E-state index contributed by atoms with van der Waals surface area (Å²) in [6.07, 6.45) is 2.75. The Kier molecular flexibility index (Phi) is 3.79. The molecule has 1 aromatic heterocycles. The van der Waals surface area contributed by atoms with E-state index in [4.69, 9.17) is 9.15 Å². The molecule has 0 aliphatic carbocycles. The van der Waals surface area contributed by atoms with Gasteiger partial charge in [-0.25, -0.2) is 0 Å². The van der Waals surface area contributed by atoms with Crippen molar-refractivity contribution in [2.24, 2.45) is 0 Å². The number of methoxy groups -OCH3 is 1. The minimum absolute atomic E-state index is 0.236. The van der Waals surface area contributed by atoms with Crippen molar-refractivity contribution >= 4 is 26.9 Å². The van der Waals surface area contributed by atoms with Crippen molar-refractivity contribution in [3.8, 4) is 5.75 Å². The van der Waals surface area contributed by atoms with E-state index in [1.165, 1.54) is 16.5 Å². The molecular formula is C17H15BrO2. The highest BCUT2D eigenvalue weighted by molar-refractivity contribution is 9.09. The highest BCUT2D eigenvalue weighted by Crippen LogP contribution is 2.34. The van der Waals surface area contributed by atoms with Crippen LogP contribution < -0.4 is 4.74 Å². The molecule has 0 radical (unpaired) electrons. The predicted molar refractivity (Wildman–Crippen MR) is 84.6 cm³/mol. The zero-order valence-corrected chi connectivity index (χ0v) is 12.8. The number of hydrogen-bond acceptors (Lipinski definition) is 2. The summed E-state index contributed by atoms with van der Waals surface area (Å²) in [7, 11) is 1.68. The third kappa shape index (κ3) is 2.59. The molecule has 0 spiro atoms. The molecule has 20 heavy (non-hydrogen) atoms. The zero-order chi connectivity index (χ0) is 13.9.